The van der Waals surface area contributed by atoms with Crippen LogP contribution in [0.3, 0.4) is 0 Å². The second-order valence-electron chi connectivity index (χ2n) is 3.92. The van der Waals surface area contributed by atoms with Gasteiger partial charge in [-0.1, -0.05) is 37.3 Å². The highest BCUT2D eigenvalue weighted by Crippen LogP contribution is 2.12. The maximum atomic E-state index is 11.7. The summed E-state index contributed by atoms with van der Waals surface area (Å²) in [4.78, 5) is 0. The molecule has 1 aromatic rings. The molecular weight excluding hydrogens is 236 g/mol. The molecule has 0 amide bonds. The molecule has 1 unspecified atom stereocenters. The van der Waals surface area contributed by atoms with Gasteiger partial charge in [0.1, 0.15) is 0 Å². The van der Waals surface area contributed by atoms with Crippen LogP contribution in [-0.4, -0.2) is 27.3 Å². The summed E-state index contributed by atoms with van der Waals surface area (Å²) < 4.78 is 26.1. The van der Waals surface area contributed by atoms with Crippen LogP contribution >= 0.6 is 0 Å². The molecule has 5 heteroatoms. The summed E-state index contributed by atoms with van der Waals surface area (Å²) in [6, 6.07) is 9.35. The van der Waals surface area contributed by atoms with E-state index >= 15 is 0 Å². The van der Waals surface area contributed by atoms with Crippen molar-refractivity contribution in [3.05, 3.63) is 35.9 Å². The van der Waals surface area contributed by atoms with Crippen molar-refractivity contribution in [1.29, 1.82) is 0 Å². The van der Waals surface area contributed by atoms with E-state index in [1.54, 1.807) is 0 Å². The molecule has 0 aliphatic carbocycles. The number of nitrogens with one attached hydrogen (secondary N) is 2. The summed E-state index contributed by atoms with van der Waals surface area (Å²) in [5.41, 5.74) is 0.972. The summed E-state index contributed by atoms with van der Waals surface area (Å²) in [5.74, 6) is 0.109. The van der Waals surface area contributed by atoms with Gasteiger partial charge in [0.05, 0.1) is 5.75 Å². The van der Waals surface area contributed by atoms with Crippen LogP contribution in [0.25, 0.3) is 0 Å². The number of sulfonamides is 1. The van der Waals surface area contributed by atoms with Gasteiger partial charge >= 0.3 is 0 Å². The van der Waals surface area contributed by atoms with E-state index in [0.717, 1.165) is 12.1 Å². The lowest BCUT2D eigenvalue weighted by molar-refractivity contribution is 0.563. The average Bonchev–Trinajstić information content (AvgIpc) is 2.30. The largest absolute Gasteiger partial charge is 0.316 e. The second kappa shape index (κ2) is 6.74. The van der Waals surface area contributed by atoms with Crippen LogP contribution in [0.1, 0.15) is 25.5 Å². The van der Waals surface area contributed by atoms with Crippen molar-refractivity contribution in [3.63, 3.8) is 0 Å². The maximum Gasteiger partial charge on any atom is 0.213 e. The van der Waals surface area contributed by atoms with Crippen molar-refractivity contribution in [1.82, 2.24) is 10.0 Å². The Hall–Kier alpha value is -0.910. The van der Waals surface area contributed by atoms with E-state index in [0.29, 0.717) is 6.54 Å². The van der Waals surface area contributed by atoms with Crippen LogP contribution in [0, 0.1) is 0 Å². The zero-order chi connectivity index (χ0) is 12.7. The van der Waals surface area contributed by atoms with Crippen molar-refractivity contribution in [2.45, 2.75) is 19.9 Å². The predicted molar refractivity (Wildman–Crippen MR) is 70.3 cm³/mol. The molecule has 1 atom stereocenters. The minimum absolute atomic E-state index is 0.109. The van der Waals surface area contributed by atoms with Crippen molar-refractivity contribution >= 4 is 10.0 Å². The first-order valence-electron chi connectivity index (χ1n) is 5.81. The second-order valence-corrected chi connectivity index (χ2v) is 5.80. The molecule has 96 valence electrons. The van der Waals surface area contributed by atoms with Crippen molar-refractivity contribution in [3.8, 4) is 0 Å². The van der Waals surface area contributed by atoms with Gasteiger partial charge in [-0.3, -0.25) is 0 Å². The topological polar surface area (TPSA) is 58.2 Å². The Labute approximate surface area is 103 Å². The number of hydrogen-bond donors (Lipinski definition) is 2. The lowest BCUT2D eigenvalue weighted by Crippen LogP contribution is -2.33. The molecule has 0 bridgehead atoms. The van der Waals surface area contributed by atoms with Gasteiger partial charge < -0.3 is 5.32 Å². The number of benzene rings is 1. The molecule has 2 N–H and O–H groups in total. The van der Waals surface area contributed by atoms with Gasteiger partial charge in [-0.25, -0.2) is 13.1 Å². The first kappa shape index (κ1) is 14.2. The lowest BCUT2D eigenvalue weighted by atomic mass is 10.1. The van der Waals surface area contributed by atoms with Crippen LogP contribution in [0.2, 0.25) is 0 Å². The Morgan fingerprint density at radius 3 is 2.47 bits per heavy atom. The van der Waals surface area contributed by atoms with Crippen molar-refractivity contribution in [2.24, 2.45) is 0 Å². The van der Waals surface area contributed by atoms with E-state index in [-0.39, 0.29) is 11.8 Å². The van der Waals surface area contributed by atoms with E-state index < -0.39 is 10.0 Å². The Kier molecular flexibility index (Phi) is 5.61. The van der Waals surface area contributed by atoms with Gasteiger partial charge in [0.2, 0.25) is 10.0 Å². The van der Waals surface area contributed by atoms with E-state index in [4.69, 9.17) is 0 Å². The molecule has 0 heterocycles. The van der Waals surface area contributed by atoms with E-state index in [1.807, 2.05) is 44.2 Å². The van der Waals surface area contributed by atoms with Crippen LogP contribution in [0.15, 0.2) is 30.3 Å². The van der Waals surface area contributed by atoms with Crippen LogP contribution in [0.4, 0.5) is 0 Å². The molecule has 0 saturated heterocycles. The molecule has 1 aromatic carbocycles. The summed E-state index contributed by atoms with van der Waals surface area (Å²) in [6.07, 6.45) is 0. The highest BCUT2D eigenvalue weighted by atomic mass is 32.2. The third-order valence-corrected chi connectivity index (χ3v) is 3.91. The molecule has 0 aliphatic heterocycles. The third kappa shape index (κ3) is 5.30. The summed E-state index contributed by atoms with van der Waals surface area (Å²) in [6.45, 7) is 5.06. The standard InChI is InChI=1S/C12H20N2O2S/c1-3-13-9-10-17(15,16)14-11(2)12-7-5-4-6-8-12/h4-8,11,13-14H,3,9-10H2,1-2H3. The Bertz CT molecular complexity index is 417. The molecule has 0 saturated carbocycles. The van der Waals surface area contributed by atoms with E-state index in [1.165, 1.54) is 0 Å². The molecule has 0 aromatic heterocycles. The lowest BCUT2D eigenvalue weighted by Gasteiger charge is -2.14. The smallest absolute Gasteiger partial charge is 0.213 e. The normalized spacial score (nSPS) is 13.5. The van der Waals surface area contributed by atoms with Crippen molar-refractivity contribution < 1.29 is 8.42 Å². The van der Waals surface area contributed by atoms with Crippen LogP contribution < -0.4 is 10.0 Å². The van der Waals surface area contributed by atoms with Gasteiger partial charge in [-0.2, -0.15) is 0 Å². The molecule has 0 radical (unpaired) electrons. The fourth-order valence-electron chi connectivity index (χ4n) is 1.52. The highest BCUT2D eigenvalue weighted by molar-refractivity contribution is 7.89. The minimum atomic E-state index is -3.21. The maximum absolute atomic E-state index is 11.7. The molecule has 0 spiro atoms. The van der Waals surface area contributed by atoms with Gasteiger partial charge in [-0.05, 0) is 19.0 Å². The highest BCUT2D eigenvalue weighted by Gasteiger charge is 2.14. The number of rotatable bonds is 7. The number of hydrogen-bond acceptors (Lipinski definition) is 3. The average molecular weight is 256 g/mol. The molecule has 0 fully saturated rings. The molecule has 4 nitrogen and oxygen atoms in total. The predicted octanol–water partition coefficient (Wildman–Crippen LogP) is 1.28. The Morgan fingerprint density at radius 2 is 1.88 bits per heavy atom. The molecule has 0 aliphatic rings. The summed E-state index contributed by atoms with van der Waals surface area (Å²) in [7, 11) is -3.21. The van der Waals surface area contributed by atoms with E-state index in [2.05, 4.69) is 10.0 Å². The fraction of sp³-hybridized carbons (Fsp3) is 0.500. The van der Waals surface area contributed by atoms with Gasteiger partial charge in [0.15, 0.2) is 0 Å². The van der Waals surface area contributed by atoms with Gasteiger partial charge in [0.25, 0.3) is 0 Å². The van der Waals surface area contributed by atoms with Gasteiger partial charge in [-0.15, -0.1) is 0 Å². The molecule has 17 heavy (non-hydrogen) atoms. The van der Waals surface area contributed by atoms with E-state index in [9.17, 15) is 8.42 Å². The van der Waals surface area contributed by atoms with Gasteiger partial charge in [0, 0.05) is 12.6 Å². The van der Waals surface area contributed by atoms with Crippen LogP contribution in [0.5, 0.6) is 0 Å². The Balaban J connectivity index is 2.53. The quantitative estimate of drug-likeness (QED) is 0.722. The monoisotopic (exact) mass is 256 g/mol. The zero-order valence-corrected chi connectivity index (χ0v) is 11.1. The molecule has 1 rings (SSSR count). The zero-order valence-electron chi connectivity index (χ0n) is 10.3. The first-order valence-corrected chi connectivity index (χ1v) is 7.46. The molecular formula is C12H20N2O2S. The minimum Gasteiger partial charge on any atom is -0.316 e. The summed E-state index contributed by atoms with van der Waals surface area (Å²) in [5, 5.41) is 3.00. The first-order chi connectivity index (χ1) is 8.05. The fourth-order valence-corrected chi connectivity index (χ4v) is 2.73. The van der Waals surface area contributed by atoms with Crippen LogP contribution in [-0.2, 0) is 10.0 Å². The SMILES string of the molecule is CCNCCS(=O)(=O)NC(C)c1ccccc1. The summed E-state index contributed by atoms with van der Waals surface area (Å²) >= 11 is 0. The third-order valence-electron chi connectivity index (χ3n) is 2.45. The van der Waals surface area contributed by atoms with Crippen molar-refractivity contribution in [2.75, 3.05) is 18.8 Å². The Morgan fingerprint density at radius 1 is 1.24 bits per heavy atom.